The minimum absolute atomic E-state index is 0.0584. The number of fused-ring (bicyclic) bond motifs is 1. The first-order valence-corrected chi connectivity index (χ1v) is 18.6. The van der Waals surface area contributed by atoms with E-state index in [9.17, 15) is 22.8 Å². The third-order valence-electron chi connectivity index (χ3n) is 7.99. The van der Waals surface area contributed by atoms with E-state index < -0.39 is 39.3 Å². The number of aliphatic carboxylic acids is 1. The van der Waals surface area contributed by atoms with Crippen LogP contribution in [0.4, 0.5) is 10.6 Å². The smallest absolute Gasteiger partial charge is 0.426 e. The van der Waals surface area contributed by atoms with Gasteiger partial charge in [0.2, 0.25) is 10.0 Å². The van der Waals surface area contributed by atoms with Gasteiger partial charge in [0, 0.05) is 41.4 Å². The van der Waals surface area contributed by atoms with Crippen LogP contribution in [0.1, 0.15) is 56.2 Å². The van der Waals surface area contributed by atoms with Gasteiger partial charge >= 0.3 is 12.1 Å². The van der Waals surface area contributed by atoms with E-state index in [2.05, 4.69) is 30.7 Å². The molecule has 0 radical (unpaired) electrons. The van der Waals surface area contributed by atoms with E-state index in [1.54, 1.807) is 20.8 Å². The molecule has 4 heterocycles. The molecule has 54 heavy (non-hydrogen) atoms. The minimum Gasteiger partial charge on any atom is -0.480 e. The highest BCUT2D eigenvalue weighted by Gasteiger charge is 2.21. The monoisotopic (exact) mass is 758 g/mol. The quantitative estimate of drug-likeness (QED) is 0.120. The molecule has 1 unspecified atom stereocenters. The number of anilines is 1. The van der Waals surface area contributed by atoms with Crippen molar-refractivity contribution in [1.29, 1.82) is 0 Å². The number of carboxylic acid groups (broad SMARTS) is 1. The molecule has 0 aliphatic carbocycles. The molecule has 282 valence electrons. The second-order valence-electron chi connectivity index (χ2n) is 13.4. The first-order chi connectivity index (χ1) is 25.7. The number of carbonyl (C=O) groups is 3. The number of rotatable bonds is 11. The van der Waals surface area contributed by atoms with Crippen molar-refractivity contribution in [1.82, 2.24) is 26.0 Å². The van der Waals surface area contributed by atoms with Gasteiger partial charge in [-0.15, -0.1) is 0 Å². The Morgan fingerprint density at radius 2 is 1.57 bits per heavy atom. The first-order valence-electron chi connectivity index (χ1n) is 16.9. The number of amides is 2. The summed E-state index contributed by atoms with van der Waals surface area (Å²) < 4.78 is 48.8. The van der Waals surface area contributed by atoms with Crippen LogP contribution in [0.15, 0.2) is 77.4 Å². The molecular formula is C37H38N6O10S. The van der Waals surface area contributed by atoms with E-state index in [0.29, 0.717) is 29.3 Å². The lowest BCUT2D eigenvalue weighted by Crippen LogP contribution is -2.44. The Bertz CT molecular complexity index is 2260. The third kappa shape index (κ3) is 9.94. The molecule has 16 nitrogen and oxygen atoms in total. The Hall–Kier alpha value is -5.91. The molecule has 1 saturated heterocycles. The topological polar surface area (TPSA) is 221 Å². The summed E-state index contributed by atoms with van der Waals surface area (Å²) >= 11 is 0. The molecule has 1 atom stereocenters. The Morgan fingerprint density at radius 3 is 2.20 bits per heavy atom. The zero-order chi connectivity index (χ0) is 38.5. The van der Waals surface area contributed by atoms with Gasteiger partial charge in [0.25, 0.3) is 5.91 Å². The standard InChI is InChI=1S/C37H38N6O10S/c1-37(2,3)52-36(47)41-40-35(46)27-17-29(39-31-18-32(38-19-28(27)31)43-54(48,49)21-33(44)45)24-11-7-22(8-12-24)23-9-13-25(14-10-23)30-16-26(53-42-30)20-51-34-6-4-5-15-50-34/h7-14,16-19,34H,4-6,15,20-21H2,1-3H3,(H,38,43)(H,40,46)(H,41,47)(H,44,45). The molecule has 0 bridgehead atoms. The number of hydrogen-bond acceptors (Lipinski definition) is 12. The lowest BCUT2D eigenvalue weighted by molar-refractivity contribution is -0.171. The molecule has 4 N–H and O–H groups in total. The summed E-state index contributed by atoms with van der Waals surface area (Å²) in [7, 11) is -4.28. The predicted molar refractivity (Wildman–Crippen MR) is 196 cm³/mol. The van der Waals surface area contributed by atoms with Crippen LogP contribution < -0.4 is 15.6 Å². The molecule has 1 fully saturated rings. The zero-order valence-electron chi connectivity index (χ0n) is 29.6. The van der Waals surface area contributed by atoms with Crippen molar-refractivity contribution in [2.75, 3.05) is 17.1 Å². The molecule has 0 saturated carbocycles. The van der Waals surface area contributed by atoms with Crippen LogP contribution in [-0.4, -0.2) is 70.9 Å². The van der Waals surface area contributed by atoms with Crippen LogP contribution in [0.2, 0.25) is 0 Å². The van der Waals surface area contributed by atoms with Gasteiger partial charge in [-0.25, -0.2) is 28.6 Å². The Labute approximate surface area is 310 Å². The van der Waals surface area contributed by atoms with Crippen molar-refractivity contribution in [2.45, 2.75) is 58.5 Å². The van der Waals surface area contributed by atoms with Crippen LogP contribution in [-0.2, 0) is 35.6 Å². The maximum Gasteiger partial charge on any atom is 0.426 e. The van der Waals surface area contributed by atoms with Gasteiger partial charge in [0.15, 0.2) is 17.8 Å². The van der Waals surface area contributed by atoms with Gasteiger partial charge in [0.05, 0.1) is 16.8 Å². The van der Waals surface area contributed by atoms with Crippen molar-refractivity contribution in [3.63, 3.8) is 0 Å². The van der Waals surface area contributed by atoms with Gasteiger partial charge in [-0.1, -0.05) is 53.7 Å². The largest absolute Gasteiger partial charge is 0.480 e. The number of hydrazine groups is 1. The molecule has 3 aromatic heterocycles. The zero-order valence-corrected chi connectivity index (χ0v) is 30.4. The number of pyridine rings is 2. The van der Waals surface area contributed by atoms with E-state index in [4.69, 9.17) is 23.8 Å². The van der Waals surface area contributed by atoms with E-state index in [0.717, 1.165) is 36.0 Å². The van der Waals surface area contributed by atoms with Crippen LogP contribution in [0.5, 0.6) is 0 Å². The Kier molecular flexibility index (Phi) is 11.2. The third-order valence-corrected chi connectivity index (χ3v) is 9.14. The number of nitrogens with zero attached hydrogens (tertiary/aromatic N) is 3. The van der Waals surface area contributed by atoms with Gasteiger partial charge in [0.1, 0.15) is 23.7 Å². The van der Waals surface area contributed by atoms with Gasteiger partial charge in [-0.3, -0.25) is 19.7 Å². The maximum atomic E-state index is 13.4. The molecule has 5 aromatic rings. The molecule has 2 amide bonds. The Morgan fingerprint density at radius 1 is 0.907 bits per heavy atom. The minimum atomic E-state index is -4.28. The fraction of sp³-hybridized carbons (Fsp3) is 0.297. The number of aromatic nitrogens is 3. The highest BCUT2D eigenvalue weighted by atomic mass is 32.2. The average Bonchev–Trinajstić information content (AvgIpc) is 3.61. The lowest BCUT2D eigenvalue weighted by atomic mass is 9.99. The van der Waals surface area contributed by atoms with E-state index in [1.807, 2.05) is 54.6 Å². The van der Waals surface area contributed by atoms with Gasteiger partial charge in [-0.05, 0) is 57.2 Å². The fourth-order valence-corrected chi connectivity index (χ4v) is 6.38. The number of carbonyl (C=O) groups excluding carboxylic acids is 2. The normalized spacial score (nSPS) is 14.7. The lowest BCUT2D eigenvalue weighted by Gasteiger charge is -2.21. The summed E-state index contributed by atoms with van der Waals surface area (Å²) in [4.78, 5) is 45.3. The summed E-state index contributed by atoms with van der Waals surface area (Å²) in [5.41, 5.74) is 8.28. The molecule has 0 spiro atoms. The van der Waals surface area contributed by atoms with Crippen molar-refractivity contribution in [3.8, 4) is 33.6 Å². The number of benzene rings is 2. The number of nitrogens with one attached hydrogen (secondary N) is 3. The maximum absolute atomic E-state index is 13.4. The number of sulfonamides is 1. The number of ether oxygens (including phenoxy) is 3. The van der Waals surface area contributed by atoms with Crippen molar-refractivity contribution < 1.29 is 46.6 Å². The van der Waals surface area contributed by atoms with Crippen LogP contribution in [0.3, 0.4) is 0 Å². The molecule has 1 aliphatic rings. The highest BCUT2D eigenvalue weighted by molar-refractivity contribution is 7.93. The van der Waals surface area contributed by atoms with E-state index in [1.165, 1.54) is 18.3 Å². The fourth-order valence-electron chi connectivity index (χ4n) is 5.55. The summed E-state index contributed by atoms with van der Waals surface area (Å²) in [6, 6.07) is 19.8. The summed E-state index contributed by atoms with van der Waals surface area (Å²) in [5, 5.41) is 13.4. The summed E-state index contributed by atoms with van der Waals surface area (Å²) in [6.07, 6.45) is 3.09. The molecule has 2 aromatic carbocycles. The first kappa shape index (κ1) is 37.8. The SMILES string of the molecule is CC(C)(C)OC(=O)NNC(=O)c1cc(-c2ccc(-c3ccc(-c4cc(COC5CCCCO5)on4)cc3)cc2)nc2cc(NS(=O)(=O)CC(=O)O)ncc12. The van der Waals surface area contributed by atoms with Crippen LogP contribution in [0, 0.1) is 0 Å². The number of carboxylic acids is 1. The Balaban J connectivity index is 1.22. The summed E-state index contributed by atoms with van der Waals surface area (Å²) in [5.74, 6) is -3.04. The van der Waals surface area contributed by atoms with E-state index >= 15 is 0 Å². The van der Waals surface area contributed by atoms with Crippen molar-refractivity contribution in [3.05, 3.63) is 84.3 Å². The summed E-state index contributed by atoms with van der Waals surface area (Å²) in [6.45, 7) is 5.98. The van der Waals surface area contributed by atoms with Crippen molar-refractivity contribution in [2.24, 2.45) is 0 Å². The molecule has 6 rings (SSSR count). The predicted octanol–water partition coefficient (Wildman–Crippen LogP) is 5.66. The van der Waals surface area contributed by atoms with Crippen LogP contribution in [0.25, 0.3) is 44.5 Å². The molecule has 17 heteroatoms. The highest BCUT2D eigenvalue weighted by Crippen LogP contribution is 2.30. The van der Waals surface area contributed by atoms with Gasteiger partial charge < -0.3 is 23.8 Å². The molecule has 1 aliphatic heterocycles. The second-order valence-corrected chi connectivity index (χ2v) is 15.1. The second kappa shape index (κ2) is 16.0. The van der Waals surface area contributed by atoms with E-state index in [-0.39, 0.29) is 35.2 Å². The van der Waals surface area contributed by atoms with Crippen LogP contribution >= 0.6 is 0 Å². The molecular weight excluding hydrogens is 721 g/mol. The van der Waals surface area contributed by atoms with Gasteiger partial charge in [-0.2, -0.15) is 0 Å². The number of hydrogen-bond donors (Lipinski definition) is 4. The van der Waals surface area contributed by atoms with Crippen molar-refractivity contribution >= 4 is 44.7 Å². The average molecular weight is 759 g/mol.